The molecule has 3 nitrogen and oxygen atoms in total. The Morgan fingerprint density at radius 2 is 1.89 bits per heavy atom. The average Bonchev–Trinajstić information content (AvgIpc) is 2.32. The Labute approximate surface area is 109 Å². The van der Waals surface area contributed by atoms with Crippen LogP contribution in [-0.2, 0) is 0 Å². The maximum absolute atomic E-state index is 10.9. The molecule has 0 amide bonds. The van der Waals surface area contributed by atoms with Gasteiger partial charge in [0.15, 0.2) is 0 Å². The van der Waals surface area contributed by atoms with E-state index in [-0.39, 0.29) is 17.9 Å². The van der Waals surface area contributed by atoms with E-state index in [0.717, 1.165) is 12.0 Å². The Balaban J connectivity index is 2.36. The van der Waals surface area contributed by atoms with Crippen molar-refractivity contribution < 1.29 is 15.3 Å². The average molecular weight is 252 g/mol. The molecule has 2 aliphatic carbocycles. The van der Waals surface area contributed by atoms with Crippen LogP contribution in [0.25, 0.3) is 0 Å². The van der Waals surface area contributed by atoms with Crippen LogP contribution in [0.1, 0.15) is 40.0 Å². The van der Waals surface area contributed by atoms with Crippen molar-refractivity contribution in [1.82, 2.24) is 0 Å². The predicted molar refractivity (Wildman–Crippen MR) is 71.0 cm³/mol. The first-order valence-corrected chi connectivity index (χ1v) is 6.66. The van der Waals surface area contributed by atoms with Crippen molar-refractivity contribution in [2.45, 2.75) is 51.2 Å². The third-order valence-corrected chi connectivity index (χ3v) is 4.87. The highest BCUT2D eigenvalue weighted by Gasteiger charge is 2.60. The van der Waals surface area contributed by atoms with Gasteiger partial charge in [-0.2, -0.15) is 0 Å². The lowest BCUT2D eigenvalue weighted by molar-refractivity contribution is -0.197. The monoisotopic (exact) mass is 252 g/mol. The molecule has 0 aliphatic heterocycles. The molecule has 18 heavy (non-hydrogen) atoms. The lowest BCUT2D eigenvalue weighted by Crippen LogP contribution is -2.62. The Morgan fingerprint density at radius 1 is 1.22 bits per heavy atom. The van der Waals surface area contributed by atoms with E-state index in [9.17, 15) is 15.3 Å². The van der Waals surface area contributed by atoms with Gasteiger partial charge in [0.2, 0.25) is 0 Å². The van der Waals surface area contributed by atoms with Gasteiger partial charge in [0.05, 0.1) is 17.8 Å². The Hall–Kier alpha value is -0.640. The molecule has 0 unspecified atom stereocenters. The van der Waals surface area contributed by atoms with Crippen molar-refractivity contribution in [3.05, 3.63) is 23.8 Å². The summed E-state index contributed by atoms with van der Waals surface area (Å²) >= 11 is 0. The van der Waals surface area contributed by atoms with Gasteiger partial charge < -0.3 is 15.3 Å². The Morgan fingerprint density at radius 3 is 2.44 bits per heavy atom. The van der Waals surface area contributed by atoms with Gasteiger partial charge in [-0.15, -0.1) is 0 Å². The molecular weight excluding hydrogens is 228 g/mol. The number of aliphatic hydroxyl groups is 3. The topological polar surface area (TPSA) is 60.7 Å². The van der Waals surface area contributed by atoms with Crippen molar-refractivity contribution in [1.29, 1.82) is 0 Å². The van der Waals surface area contributed by atoms with Crippen molar-refractivity contribution in [2.24, 2.45) is 11.3 Å². The van der Waals surface area contributed by atoms with E-state index in [1.807, 2.05) is 6.08 Å². The summed E-state index contributed by atoms with van der Waals surface area (Å²) in [6.07, 6.45) is 7.34. The molecule has 2 rings (SSSR count). The quantitative estimate of drug-likeness (QED) is 0.666. The van der Waals surface area contributed by atoms with Crippen LogP contribution in [0.5, 0.6) is 0 Å². The fourth-order valence-corrected chi connectivity index (χ4v) is 3.33. The first kappa shape index (κ1) is 13.8. The van der Waals surface area contributed by atoms with E-state index in [2.05, 4.69) is 13.8 Å². The second-order valence-corrected chi connectivity index (χ2v) is 6.68. The normalized spacial score (nSPS) is 47.7. The molecule has 0 aromatic rings. The molecule has 3 N–H and O–H groups in total. The highest BCUT2D eigenvalue weighted by Crippen LogP contribution is 2.59. The molecule has 0 radical (unpaired) electrons. The maximum Gasteiger partial charge on any atom is 0.0803 e. The molecule has 0 aromatic carbocycles. The summed E-state index contributed by atoms with van der Waals surface area (Å²) in [5, 5.41) is 30.6. The number of allylic oxidation sites excluding steroid dienone is 2. The summed E-state index contributed by atoms with van der Waals surface area (Å²) in [6, 6.07) is 0. The zero-order valence-electron chi connectivity index (χ0n) is 11.5. The van der Waals surface area contributed by atoms with Gasteiger partial charge in [-0.1, -0.05) is 32.1 Å². The summed E-state index contributed by atoms with van der Waals surface area (Å²) in [5.41, 5.74) is -1.01. The smallest absolute Gasteiger partial charge is 0.0803 e. The van der Waals surface area contributed by atoms with E-state index < -0.39 is 11.2 Å². The Kier molecular flexibility index (Phi) is 3.21. The molecule has 0 aromatic heterocycles. The van der Waals surface area contributed by atoms with Gasteiger partial charge >= 0.3 is 0 Å². The third-order valence-electron chi connectivity index (χ3n) is 4.87. The largest absolute Gasteiger partial charge is 0.392 e. The standard InChI is InChI=1S/C15H24O3/c1-13(2)9-12-11(10-16)5-4-6-14(3,17)7-8-15(12,13)18/h4-6,12,16-18H,7-10H2,1-3H3/b6-4-,11-5-/t12-,14-,15-/m0/s1. The van der Waals surface area contributed by atoms with E-state index in [1.165, 1.54) is 0 Å². The number of hydrogen-bond acceptors (Lipinski definition) is 3. The fraction of sp³-hybridized carbons (Fsp3) is 0.733. The van der Waals surface area contributed by atoms with E-state index >= 15 is 0 Å². The van der Waals surface area contributed by atoms with Crippen LogP contribution in [0.4, 0.5) is 0 Å². The van der Waals surface area contributed by atoms with E-state index in [1.54, 1.807) is 19.1 Å². The molecular formula is C15H24O3. The summed E-state index contributed by atoms with van der Waals surface area (Å²) < 4.78 is 0. The van der Waals surface area contributed by atoms with Crippen LogP contribution < -0.4 is 0 Å². The Bertz CT molecular complexity index is 393. The first-order chi connectivity index (χ1) is 8.22. The van der Waals surface area contributed by atoms with Crippen LogP contribution in [0.2, 0.25) is 0 Å². The molecule has 102 valence electrons. The summed E-state index contributed by atoms with van der Waals surface area (Å²) in [4.78, 5) is 0. The molecule has 1 fully saturated rings. The van der Waals surface area contributed by atoms with Crippen molar-refractivity contribution in [3.63, 3.8) is 0 Å². The molecule has 0 bridgehead atoms. The predicted octanol–water partition coefficient (Wildman–Crippen LogP) is 1.78. The fourth-order valence-electron chi connectivity index (χ4n) is 3.33. The molecule has 0 saturated heterocycles. The lowest BCUT2D eigenvalue weighted by Gasteiger charge is -2.60. The van der Waals surface area contributed by atoms with Crippen LogP contribution >= 0.6 is 0 Å². The zero-order valence-corrected chi connectivity index (χ0v) is 11.5. The summed E-state index contributed by atoms with van der Waals surface area (Å²) in [5.74, 6) is 0.0102. The minimum absolute atomic E-state index is 0.0102. The third kappa shape index (κ3) is 2.04. The lowest BCUT2D eigenvalue weighted by atomic mass is 9.48. The molecule has 3 heteroatoms. The van der Waals surface area contributed by atoms with Crippen LogP contribution in [0.3, 0.4) is 0 Å². The van der Waals surface area contributed by atoms with Gasteiger partial charge in [0, 0.05) is 5.92 Å². The van der Waals surface area contributed by atoms with Crippen LogP contribution in [-0.4, -0.2) is 33.1 Å². The van der Waals surface area contributed by atoms with Gasteiger partial charge in [-0.05, 0) is 37.2 Å². The number of aliphatic hydroxyl groups excluding tert-OH is 1. The van der Waals surface area contributed by atoms with Gasteiger partial charge in [-0.3, -0.25) is 0 Å². The van der Waals surface area contributed by atoms with Gasteiger partial charge in [0.1, 0.15) is 0 Å². The molecule has 3 atom stereocenters. The summed E-state index contributed by atoms with van der Waals surface area (Å²) in [6.45, 7) is 5.83. The van der Waals surface area contributed by atoms with Crippen molar-refractivity contribution in [2.75, 3.05) is 6.61 Å². The van der Waals surface area contributed by atoms with Gasteiger partial charge in [0.25, 0.3) is 0 Å². The number of rotatable bonds is 1. The minimum atomic E-state index is -0.895. The minimum Gasteiger partial charge on any atom is -0.392 e. The molecule has 0 heterocycles. The van der Waals surface area contributed by atoms with Crippen molar-refractivity contribution in [3.8, 4) is 0 Å². The van der Waals surface area contributed by atoms with Crippen LogP contribution in [0.15, 0.2) is 23.8 Å². The van der Waals surface area contributed by atoms with E-state index in [4.69, 9.17) is 0 Å². The number of fused-ring (bicyclic) bond motifs is 1. The van der Waals surface area contributed by atoms with E-state index in [0.29, 0.717) is 12.8 Å². The summed E-state index contributed by atoms with van der Waals surface area (Å²) in [7, 11) is 0. The van der Waals surface area contributed by atoms with Gasteiger partial charge in [-0.25, -0.2) is 0 Å². The second-order valence-electron chi connectivity index (χ2n) is 6.68. The molecule has 2 aliphatic rings. The molecule has 0 spiro atoms. The number of hydrogen-bond donors (Lipinski definition) is 3. The second kappa shape index (κ2) is 4.19. The highest BCUT2D eigenvalue weighted by atomic mass is 16.3. The van der Waals surface area contributed by atoms with Crippen molar-refractivity contribution >= 4 is 0 Å². The molecule has 1 saturated carbocycles. The first-order valence-electron chi connectivity index (χ1n) is 6.66. The SMILES string of the molecule is CC1(C)C[C@H]2/C(CO)=C\C=C/[C@](C)(O)CC[C@]21O. The maximum atomic E-state index is 10.9. The van der Waals surface area contributed by atoms with Crippen LogP contribution in [0, 0.1) is 11.3 Å². The zero-order chi connectivity index (χ0) is 13.6. The highest BCUT2D eigenvalue weighted by molar-refractivity contribution is 5.28.